The van der Waals surface area contributed by atoms with Crippen LogP contribution >= 0.6 is 0 Å². The van der Waals surface area contributed by atoms with Gasteiger partial charge in [-0.3, -0.25) is 5.10 Å². The van der Waals surface area contributed by atoms with Crippen molar-refractivity contribution in [2.24, 2.45) is 0 Å². The molecule has 2 N–H and O–H groups in total. The maximum absolute atomic E-state index is 13.6. The van der Waals surface area contributed by atoms with E-state index in [1.807, 2.05) is 12.1 Å². The second-order valence-electron chi connectivity index (χ2n) is 7.80. The fourth-order valence-electron chi connectivity index (χ4n) is 4.08. The molecule has 1 aliphatic rings. The summed E-state index contributed by atoms with van der Waals surface area (Å²) in [5, 5.41) is 11.8. The van der Waals surface area contributed by atoms with Crippen molar-refractivity contribution in [3.05, 3.63) is 48.4 Å². The van der Waals surface area contributed by atoms with Crippen LogP contribution < -0.4 is 5.32 Å². The second-order valence-corrected chi connectivity index (χ2v) is 9.75. The molecule has 160 valence electrons. The van der Waals surface area contributed by atoms with Crippen LogP contribution in [0.2, 0.25) is 0 Å². The zero-order valence-electron chi connectivity index (χ0n) is 16.9. The first-order chi connectivity index (χ1) is 14.9. The number of benzene rings is 2. The number of pyridine rings is 1. The number of rotatable bonds is 4. The summed E-state index contributed by atoms with van der Waals surface area (Å²) in [7, 11) is -3.68. The highest BCUT2D eigenvalue weighted by atomic mass is 32.2. The Morgan fingerprint density at radius 2 is 1.90 bits per heavy atom. The average molecular weight is 441 g/mol. The summed E-state index contributed by atoms with van der Waals surface area (Å²) in [6.07, 6.45) is 4.37. The molecule has 0 amide bonds. The molecule has 4 aromatic rings. The van der Waals surface area contributed by atoms with Crippen LogP contribution in [0.5, 0.6) is 0 Å². The topological polar surface area (TPSA) is 97.0 Å². The van der Waals surface area contributed by atoms with Crippen molar-refractivity contribution >= 4 is 37.5 Å². The minimum atomic E-state index is -3.68. The quantitative estimate of drug-likeness (QED) is 0.499. The van der Waals surface area contributed by atoms with Crippen molar-refractivity contribution in [2.45, 2.75) is 23.8 Å². The Morgan fingerprint density at radius 1 is 1.16 bits per heavy atom. The highest BCUT2D eigenvalue weighted by Gasteiger charge is 2.26. The molecule has 2 aromatic heterocycles. The van der Waals surface area contributed by atoms with E-state index in [9.17, 15) is 12.8 Å². The molecule has 0 saturated carbocycles. The molecule has 5 rings (SSSR count). The maximum Gasteiger partial charge on any atom is 0.179 e. The van der Waals surface area contributed by atoms with E-state index in [4.69, 9.17) is 9.72 Å². The van der Waals surface area contributed by atoms with E-state index in [1.54, 1.807) is 18.3 Å². The van der Waals surface area contributed by atoms with Gasteiger partial charge < -0.3 is 10.1 Å². The fraction of sp³-hybridized carbons (Fsp3) is 0.273. The molecular weight excluding hydrogens is 419 g/mol. The lowest BCUT2D eigenvalue weighted by Gasteiger charge is -2.26. The van der Waals surface area contributed by atoms with Crippen LogP contribution in [0.25, 0.3) is 32.9 Å². The number of sulfone groups is 1. The number of ether oxygens (including phenoxy) is 1. The van der Waals surface area contributed by atoms with Crippen molar-refractivity contribution in [3.8, 4) is 11.1 Å². The molecule has 7 nitrogen and oxygen atoms in total. The first-order valence-electron chi connectivity index (χ1n) is 10.0. The Morgan fingerprint density at radius 3 is 2.61 bits per heavy atom. The average Bonchev–Trinajstić information content (AvgIpc) is 3.19. The van der Waals surface area contributed by atoms with Gasteiger partial charge >= 0.3 is 0 Å². The lowest BCUT2D eigenvalue weighted by Crippen LogP contribution is -2.29. The highest BCUT2D eigenvalue weighted by Crippen LogP contribution is 2.40. The molecule has 3 heterocycles. The molecule has 1 saturated heterocycles. The van der Waals surface area contributed by atoms with Crippen molar-refractivity contribution in [1.82, 2.24) is 15.2 Å². The first kappa shape index (κ1) is 19.9. The van der Waals surface area contributed by atoms with Gasteiger partial charge in [-0.2, -0.15) is 5.10 Å². The molecular formula is C22H21FN4O3S. The molecule has 2 aromatic carbocycles. The molecule has 0 radical (unpaired) electrons. The van der Waals surface area contributed by atoms with Crippen molar-refractivity contribution in [1.29, 1.82) is 0 Å². The minimum absolute atomic E-state index is 0.0520. The highest BCUT2D eigenvalue weighted by molar-refractivity contribution is 7.91. The van der Waals surface area contributed by atoms with Crippen molar-refractivity contribution in [2.75, 3.05) is 24.8 Å². The molecule has 31 heavy (non-hydrogen) atoms. The molecule has 0 unspecified atom stereocenters. The minimum Gasteiger partial charge on any atom is -0.381 e. The van der Waals surface area contributed by atoms with Crippen molar-refractivity contribution < 1.29 is 17.5 Å². The van der Waals surface area contributed by atoms with Crippen LogP contribution in [0.4, 0.5) is 10.2 Å². The van der Waals surface area contributed by atoms with Crippen molar-refractivity contribution in [3.63, 3.8) is 0 Å². The smallest absolute Gasteiger partial charge is 0.179 e. The van der Waals surface area contributed by atoms with Gasteiger partial charge in [0.2, 0.25) is 0 Å². The number of halogens is 1. The van der Waals surface area contributed by atoms with Gasteiger partial charge in [0, 0.05) is 41.8 Å². The summed E-state index contributed by atoms with van der Waals surface area (Å²) >= 11 is 0. The number of hydrogen-bond acceptors (Lipinski definition) is 6. The second kappa shape index (κ2) is 7.58. The predicted octanol–water partition coefficient (Wildman–Crippen LogP) is 3.91. The molecule has 0 spiro atoms. The largest absolute Gasteiger partial charge is 0.381 e. The van der Waals surface area contributed by atoms with E-state index in [0.717, 1.165) is 23.7 Å². The van der Waals surface area contributed by atoms with Gasteiger partial charge in [-0.15, -0.1) is 0 Å². The van der Waals surface area contributed by atoms with Crippen LogP contribution in [-0.2, 0) is 14.6 Å². The molecule has 0 bridgehead atoms. The Balaban J connectivity index is 1.84. The van der Waals surface area contributed by atoms with Gasteiger partial charge in [0.05, 0.1) is 17.2 Å². The zero-order valence-corrected chi connectivity index (χ0v) is 17.7. The summed E-state index contributed by atoms with van der Waals surface area (Å²) in [5.74, 6) is -0.0825. The molecule has 1 fully saturated rings. The SMILES string of the molecule is CS(=O)(=O)c1c(NC2CCOCC2)nc2cc3[nH]ncc3cc2c1-c1ccc(F)cc1. The van der Waals surface area contributed by atoms with E-state index in [1.165, 1.54) is 18.4 Å². The lowest BCUT2D eigenvalue weighted by atomic mass is 9.99. The molecule has 9 heteroatoms. The summed E-state index contributed by atoms with van der Waals surface area (Å²) in [6, 6.07) is 9.62. The Labute approximate surface area is 178 Å². The standard InChI is InChI=1S/C22H21FN4O3S/c1-31(28,29)21-20(13-2-4-15(23)5-3-13)17-10-14-12-24-27-18(14)11-19(17)26-22(21)25-16-6-8-30-9-7-16/h2-5,10-12,16H,6-9H2,1H3,(H,24,27)(H,25,26). The number of nitrogens with zero attached hydrogens (tertiary/aromatic N) is 2. The maximum atomic E-state index is 13.6. The zero-order chi connectivity index (χ0) is 21.6. The number of fused-ring (bicyclic) bond motifs is 2. The van der Waals surface area contributed by atoms with Gasteiger partial charge in [-0.25, -0.2) is 17.8 Å². The van der Waals surface area contributed by atoms with Gasteiger partial charge in [0.1, 0.15) is 16.5 Å². The monoisotopic (exact) mass is 440 g/mol. The summed E-state index contributed by atoms with van der Waals surface area (Å²) in [6.45, 7) is 1.22. The number of H-pyrrole nitrogens is 1. The van der Waals surface area contributed by atoms with Gasteiger partial charge in [0.25, 0.3) is 0 Å². The number of hydrogen-bond donors (Lipinski definition) is 2. The number of anilines is 1. The van der Waals surface area contributed by atoms with Crippen LogP contribution in [0.15, 0.2) is 47.5 Å². The Kier molecular flexibility index (Phi) is 4.86. The third-order valence-corrected chi connectivity index (χ3v) is 6.71. The van der Waals surface area contributed by atoms with Crippen LogP contribution in [0.3, 0.4) is 0 Å². The number of aromatic nitrogens is 3. The van der Waals surface area contributed by atoms with E-state index >= 15 is 0 Å². The van der Waals surface area contributed by atoms with E-state index in [0.29, 0.717) is 41.1 Å². The predicted molar refractivity (Wildman–Crippen MR) is 117 cm³/mol. The fourth-order valence-corrected chi connectivity index (χ4v) is 5.14. The Bertz CT molecular complexity index is 1380. The van der Waals surface area contributed by atoms with Crippen LogP contribution in [0.1, 0.15) is 12.8 Å². The van der Waals surface area contributed by atoms with Gasteiger partial charge in [-0.1, -0.05) is 12.1 Å². The number of nitrogens with one attached hydrogen (secondary N) is 2. The van der Waals surface area contributed by atoms with Crippen LogP contribution in [0, 0.1) is 5.82 Å². The Hall–Kier alpha value is -3.04. The third kappa shape index (κ3) is 3.75. The summed E-state index contributed by atoms with van der Waals surface area (Å²) < 4.78 is 45.1. The van der Waals surface area contributed by atoms with E-state index in [2.05, 4.69) is 15.5 Å². The molecule has 0 aliphatic carbocycles. The molecule has 1 aliphatic heterocycles. The lowest BCUT2D eigenvalue weighted by molar-refractivity contribution is 0.0903. The van der Waals surface area contributed by atoms with Gasteiger partial charge in [0.15, 0.2) is 9.84 Å². The summed E-state index contributed by atoms with van der Waals surface area (Å²) in [5.41, 5.74) is 2.53. The van der Waals surface area contributed by atoms with E-state index in [-0.39, 0.29) is 16.8 Å². The summed E-state index contributed by atoms with van der Waals surface area (Å²) in [4.78, 5) is 4.83. The van der Waals surface area contributed by atoms with Gasteiger partial charge in [-0.05, 0) is 42.7 Å². The third-order valence-electron chi connectivity index (χ3n) is 5.57. The normalized spacial score (nSPS) is 15.5. The van der Waals surface area contributed by atoms with Crippen LogP contribution in [-0.4, -0.2) is 49.1 Å². The molecule has 0 atom stereocenters. The van der Waals surface area contributed by atoms with E-state index < -0.39 is 9.84 Å². The first-order valence-corrected chi connectivity index (χ1v) is 11.9. The number of aromatic amines is 1.